The molecule has 0 bridgehead atoms. The molecule has 2 N–H and O–H groups in total. The van der Waals surface area contributed by atoms with Crippen LogP contribution in [-0.4, -0.2) is 42.6 Å². The summed E-state index contributed by atoms with van der Waals surface area (Å²) in [5, 5.41) is 5.93. The van der Waals surface area contributed by atoms with E-state index in [1.165, 1.54) is 0 Å². The summed E-state index contributed by atoms with van der Waals surface area (Å²) in [7, 11) is 0. The molecule has 1 saturated carbocycles. The number of benzene rings is 1. The minimum atomic E-state index is -0.0768. The van der Waals surface area contributed by atoms with Crippen molar-refractivity contribution in [3.63, 3.8) is 0 Å². The third-order valence-electron chi connectivity index (χ3n) is 4.74. The maximum Gasteiger partial charge on any atom is 0.317 e. The fourth-order valence-corrected chi connectivity index (χ4v) is 2.98. The molecule has 25 heavy (non-hydrogen) atoms. The Morgan fingerprint density at radius 3 is 2.56 bits per heavy atom. The van der Waals surface area contributed by atoms with Crippen LogP contribution in [0.2, 0.25) is 0 Å². The highest BCUT2D eigenvalue weighted by Crippen LogP contribution is 2.20. The molecule has 3 rings (SSSR count). The molecule has 1 aliphatic carbocycles. The third-order valence-corrected chi connectivity index (χ3v) is 4.74. The van der Waals surface area contributed by atoms with Gasteiger partial charge in [-0.3, -0.25) is 4.79 Å². The second-order valence-corrected chi connectivity index (χ2v) is 7.21. The van der Waals surface area contributed by atoms with Gasteiger partial charge >= 0.3 is 6.03 Å². The summed E-state index contributed by atoms with van der Waals surface area (Å²) in [4.78, 5) is 25.8. The van der Waals surface area contributed by atoms with E-state index in [-0.39, 0.29) is 24.6 Å². The largest absolute Gasteiger partial charge is 0.484 e. The first kappa shape index (κ1) is 17.6. The summed E-state index contributed by atoms with van der Waals surface area (Å²) in [5.74, 6) is 1.16. The van der Waals surface area contributed by atoms with Crippen LogP contribution in [0.3, 0.4) is 0 Å². The van der Waals surface area contributed by atoms with Crippen LogP contribution >= 0.6 is 0 Å². The first-order valence-electron chi connectivity index (χ1n) is 9.09. The van der Waals surface area contributed by atoms with E-state index >= 15 is 0 Å². The van der Waals surface area contributed by atoms with Crippen molar-refractivity contribution in [2.75, 3.05) is 19.7 Å². The zero-order valence-corrected chi connectivity index (χ0v) is 15.0. The molecule has 6 nitrogen and oxygen atoms in total. The lowest BCUT2D eigenvalue weighted by atomic mass is 10.1. The molecule has 1 aliphatic heterocycles. The maximum atomic E-state index is 12.3. The lowest BCUT2D eigenvalue weighted by Gasteiger charge is -2.21. The summed E-state index contributed by atoms with van der Waals surface area (Å²) in [6.07, 6.45) is 3.21. The third kappa shape index (κ3) is 5.11. The first-order chi connectivity index (χ1) is 12.0. The van der Waals surface area contributed by atoms with Gasteiger partial charge in [0.25, 0.3) is 5.91 Å². The molecule has 1 aromatic rings. The maximum absolute atomic E-state index is 12.3. The van der Waals surface area contributed by atoms with Gasteiger partial charge in [-0.05, 0) is 49.8 Å². The Balaban J connectivity index is 1.45. The second kappa shape index (κ2) is 7.76. The van der Waals surface area contributed by atoms with Crippen molar-refractivity contribution in [2.24, 2.45) is 5.92 Å². The van der Waals surface area contributed by atoms with Gasteiger partial charge in [0, 0.05) is 19.1 Å². The minimum absolute atomic E-state index is 0.00563. The number of likely N-dealkylation sites (tertiary alicyclic amines) is 1. The molecule has 2 aliphatic rings. The zero-order valence-electron chi connectivity index (χ0n) is 15.0. The Morgan fingerprint density at radius 1 is 1.24 bits per heavy atom. The average molecular weight is 345 g/mol. The second-order valence-electron chi connectivity index (χ2n) is 7.21. The van der Waals surface area contributed by atoms with E-state index in [0.29, 0.717) is 17.7 Å². The fraction of sp³-hybridized carbons (Fsp3) is 0.579. The van der Waals surface area contributed by atoms with Crippen LogP contribution < -0.4 is 15.4 Å². The molecule has 0 radical (unpaired) electrons. The molecular formula is C19H27N3O3. The number of amides is 3. The van der Waals surface area contributed by atoms with E-state index < -0.39 is 0 Å². The van der Waals surface area contributed by atoms with Gasteiger partial charge in [0.05, 0.1) is 6.04 Å². The predicted molar refractivity (Wildman–Crippen MR) is 95.4 cm³/mol. The van der Waals surface area contributed by atoms with Crippen molar-refractivity contribution in [1.29, 1.82) is 0 Å². The van der Waals surface area contributed by atoms with Gasteiger partial charge in [0.1, 0.15) is 5.75 Å². The molecule has 1 aromatic carbocycles. The topological polar surface area (TPSA) is 70.7 Å². The fourth-order valence-electron chi connectivity index (χ4n) is 2.98. The van der Waals surface area contributed by atoms with Gasteiger partial charge in [-0.25, -0.2) is 4.79 Å². The molecular weight excluding hydrogens is 318 g/mol. The quantitative estimate of drug-likeness (QED) is 0.832. The normalized spacial score (nSPS) is 20.9. The number of nitrogens with zero attached hydrogens (tertiary/aromatic N) is 1. The molecule has 6 heteroatoms. The first-order valence-corrected chi connectivity index (χ1v) is 9.09. The molecule has 0 spiro atoms. The Morgan fingerprint density at radius 2 is 1.96 bits per heavy atom. The Hall–Kier alpha value is -2.24. The van der Waals surface area contributed by atoms with Gasteiger partial charge in [-0.1, -0.05) is 19.1 Å². The lowest BCUT2D eigenvalue weighted by Crippen LogP contribution is -2.39. The van der Waals surface area contributed by atoms with Gasteiger partial charge in [0.2, 0.25) is 0 Å². The van der Waals surface area contributed by atoms with Gasteiger partial charge < -0.3 is 20.3 Å². The number of urea groups is 1. The summed E-state index contributed by atoms with van der Waals surface area (Å²) in [6, 6.07) is 7.78. The van der Waals surface area contributed by atoms with Crippen LogP contribution in [0.25, 0.3) is 0 Å². The number of rotatable bonds is 6. The van der Waals surface area contributed by atoms with E-state index in [9.17, 15) is 9.59 Å². The summed E-state index contributed by atoms with van der Waals surface area (Å²) < 4.78 is 5.50. The smallest absolute Gasteiger partial charge is 0.317 e. The van der Waals surface area contributed by atoms with E-state index in [1.807, 2.05) is 36.1 Å². The summed E-state index contributed by atoms with van der Waals surface area (Å²) >= 11 is 0. The minimum Gasteiger partial charge on any atom is -0.484 e. The van der Waals surface area contributed by atoms with Crippen molar-refractivity contribution in [3.05, 3.63) is 29.8 Å². The highest BCUT2D eigenvalue weighted by molar-refractivity contribution is 5.78. The highest BCUT2D eigenvalue weighted by Gasteiger charge is 2.24. The zero-order chi connectivity index (χ0) is 17.8. The molecule has 0 aromatic heterocycles. The number of nitrogens with one attached hydrogen (secondary N) is 2. The molecule has 136 valence electrons. The van der Waals surface area contributed by atoms with Gasteiger partial charge in [-0.2, -0.15) is 0 Å². The van der Waals surface area contributed by atoms with Crippen LogP contribution in [-0.2, 0) is 4.79 Å². The van der Waals surface area contributed by atoms with Crippen molar-refractivity contribution < 1.29 is 14.3 Å². The highest BCUT2D eigenvalue weighted by atomic mass is 16.5. The van der Waals surface area contributed by atoms with Crippen LogP contribution in [0.1, 0.15) is 44.7 Å². The van der Waals surface area contributed by atoms with Crippen molar-refractivity contribution >= 4 is 11.9 Å². The van der Waals surface area contributed by atoms with E-state index in [1.54, 1.807) is 0 Å². The van der Waals surface area contributed by atoms with Crippen LogP contribution in [0.4, 0.5) is 4.79 Å². The monoisotopic (exact) mass is 345 g/mol. The number of hydrogen-bond acceptors (Lipinski definition) is 3. The number of carbonyl (C=O) groups excluding carboxylic acids is 2. The van der Waals surface area contributed by atoms with E-state index in [2.05, 4.69) is 17.6 Å². The van der Waals surface area contributed by atoms with E-state index in [4.69, 9.17) is 4.74 Å². The average Bonchev–Trinajstić information content (AvgIpc) is 3.30. The lowest BCUT2D eigenvalue weighted by molar-refractivity contribution is -0.123. The van der Waals surface area contributed by atoms with Gasteiger partial charge in [-0.15, -0.1) is 0 Å². The Kier molecular flexibility index (Phi) is 5.46. The van der Waals surface area contributed by atoms with Gasteiger partial charge in [0.15, 0.2) is 6.61 Å². The van der Waals surface area contributed by atoms with E-state index in [0.717, 1.165) is 37.9 Å². The molecule has 2 fully saturated rings. The molecule has 1 heterocycles. The molecule has 3 amide bonds. The van der Waals surface area contributed by atoms with Crippen LogP contribution in [0.15, 0.2) is 24.3 Å². The van der Waals surface area contributed by atoms with Crippen LogP contribution in [0, 0.1) is 5.92 Å². The molecule has 1 saturated heterocycles. The summed E-state index contributed by atoms with van der Waals surface area (Å²) in [5.41, 5.74) is 1.01. The SMILES string of the molecule is C[C@H]1CCN(C(=O)N[C@@H](C)c2ccc(OCC(=O)NC3CC3)cc2)C1. The standard InChI is InChI=1S/C19H27N3O3/c1-13-9-10-22(11-13)19(24)20-14(2)15-3-7-17(8-4-15)25-12-18(23)21-16-5-6-16/h3-4,7-8,13-14,16H,5-6,9-12H2,1-2H3,(H,20,24)(H,21,23)/t13-,14-/m0/s1. The Labute approximate surface area is 148 Å². The molecule has 0 unspecified atom stereocenters. The number of carbonyl (C=O) groups is 2. The molecule has 2 atom stereocenters. The predicted octanol–water partition coefficient (Wildman–Crippen LogP) is 2.46. The van der Waals surface area contributed by atoms with Crippen LogP contribution in [0.5, 0.6) is 5.75 Å². The Bertz CT molecular complexity index is 613. The van der Waals surface area contributed by atoms with Crippen molar-refractivity contribution in [2.45, 2.75) is 45.2 Å². The van der Waals surface area contributed by atoms with Crippen molar-refractivity contribution in [1.82, 2.24) is 15.5 Å². The number of hydrogen-bond donors (Lipinski definition) is 2. The summed E-state index contributed by atoms with van der Waals surface area (Å²) in [6.45, 7) is 5.83. The van der Waals surface area contributed by atoms with Crippen molar-refractivity contribution in [3.8, 4) is 5.75 Å². The number of ether oxygens (including phenoxy) is 1.